The Balaban J connectivity index is 2.20. The van der Waals surface area contributed by atoms with E-state index >= 15 is 0 Å². The minimum Gasteiger partial charge on any atom is -0.504 e. The Morgan fingerprint density at radius 2 is 2.00 bits per heavy atom. The van der Waals surface area contributed by atoms with Crippen molar-refractivity contribution in [1.29, 1.82) is 0 Å². The van der Waals surface area contributed by atoms with Crippen LogP contribution in [0.1, 0.15) is 15.9 Å². The van der Waals surface area contributed by atoms with Gasteiger partial charge in [0.15, 0.2) is 11.5 Å². The summed E-state index contributed by atoms with van der Waals surface area (Å²) in [4.78, 5) is 13.9. The number of ether oxygens (including phenoxy) is 1. The quantitative estimate of drug-likeness (QED) is 0.845. The topological polar surface area (TPSA) is 75.8 Å². The van der Waals surface area contributed by atoms with Crippen molar-refractivity contribution in [2.45, 2.75) is 6.54 Å². The molecule has 0 aliphatic heterocycles. The van der Waals surface area contributed by atoms with Crippen molar-refractivity contribution in [2.75, 3.05) is 19.9 Å². The third-order valence-corrected chi connectivity index (χ3v) is 3.17. The first-order valence-corrected chi connectivity index (χ1v) is 6.48. The molecule has 110 valence electrons. The van der Waals surface area contributed by atoms with E-state index in [1.165, 1.54) is 12.0 Å². The second kappa shape index (κ2) is 6.17. The molecule has 1 amide bonds. The third kappa shape index (κ3) is 3.25. The summed E-state index contributed by atoms with van der Waals surface area (Å²) < 4.78 is 5.01. The number of rotatable bonds is 4. The van der Waals surface area contributed by atoms with Crippen molar-refractivity contribution < 1.29 is 14.6 Å². The number of hydrogen-bond donors (Lipinski definition) is 2. The summed E-state index contributed by atoms with van der Waals surface area (Å²) >= 11 is 0. The third-order valence-electron chi connectivity index (χ3n) is 3.17. The molecule has 0 heterocycles. The van der Waals surface area contributed by atoms with Crippen LogP contribution in [-0.2, 0) is 6.54 Å². The van der Waals surface area contributed by atoms with Crippen LogP contribution in [0.3, 0.4) is 0 Å². The monoisotopic (exact) mass is 286 g/mol. The van der Waals surface area contributed by atoms with E-state index in [9.17, 15) is 9.90 Å². The van der Waals surface area contributed by atoms with E-state index in [1.54, 1.807) is 31.3 Å². The molecular formula is C16H18N2O3. The number of phenolic OH excluding ortho intramolecular Hbond substituents is 1. The predicted molar refractivity (Wildman–Crippen MR) is 81.3 cm³/mol. The molecule has 5 nitrogen and oxygen atoms in total. The lowest BCUT2D eigenvalue weighted by Gasteiger charge is -2.18. The zero-order chi connectivity index (χ0) is 15.4. The average Bonchev–Trinajstić information content (AvgIpc) is 2.47. The van der Waals surface area contributed by atoms with Gasteiger partial charge in [-0.15, -0.1) is 0 Å². The Morgan fingerprint density at radius 1 is 1.29 bits per heavy atom. The van der Waals surface area contributed by atoms with Gasteiger partial charge in [-0.2, -0.15) is 0 Å². The first kappa shape index (κ1) is 14.7. The van der Waals surface area contributed by atoms with E-state index in [0.29, 0.717) is 12.2 Å². The number of aromatic hydroxyl groups is 1. The molecule has 5 heteroatoms. The number of methoxy groups -OCH3 is 1. The summed E-state index contributed by atoms with van der Waals surface area (Å²) in [6.45, 7) is 0.403. The number of nitrogens with two attached hydrogens (primary N) is 1. The van der Waals surface area contributed by atoms with Crippen molar-refractivity contribution in [3.05, 3.63) is 53.6 Å². The SMILES string of the molecule is COc1cccc(C(=O)N(C)Cc2cccc(N)c2)c1O. The molecule has 2 aromatic carbocycles. The maximum absolute atomic E-state index is 12.4. The smallest absolute Gasteiger partial charge is 0.257 e. The second-order valence-corrected chi connectivity index (χ2v) is 4.76. The van der Waals surface area contributed by atoms with Crippen LogP contribution in [0.25, 0.3) is 0 Å². The Kier molecular flexibility index (Phi) is 4.33. The van der Waals surface area contributed by atoms with Crippen LogP contribution in [0.4, 0.5) is 5.69 Å². The average molecular weight is 286 g/mol. The minimum absolute atomic E-state index is 0.149. The van der Waals surface area contributed by atoms with Crippen LogP contribution >= 0.6 is 0 Å². The van der Waals surface area contributed by atoms with E-state index in [2.05, 4.69) is 0 Å². The molecule has 0 aliphatic rings. The number of hydrogen-bond acceptors (Lipinski definition) is 4. The highest BCUT2D eigenvalue weighted by Gasteiger charge is 2.18. The molecule has 0 saturated heterocycles. The number of anilines is 1. The molecule has 0 atom stereocenters. The van der Waals surface area contributed by atoms with Gasteiger partial charge in [-0.1, -0.05) is 18.2 Å². The van der Waals surface area contributed by atoms with Gasteiger partial charge in [0, 0.05) is 19.3 Å². The lowest BCUT2D eigenvalue weighted by atomic mass is 10.1. The number of carbonyl (C=O) groups is 1. The van der Waals surface area contributed by atoms with Gasteiger partial charge in [0.05, 0.1) is 12.7 Å². The second-order valence-electron chi connectivity index (χ2n) is 4.76. The van der Waals surface area contributed by atoms with Crippen LogP contribution in [0.2, 0.25) is 0 Å². The molecule has 0 spiro atoms. The fourth-order valence-electron chi connectivity index (χ4n) is 2.10. The van der Waals surface area contributed by atoms with Crippen LogP contribution in [-0.4, -0.2) is 30.1 Å². The summed E-state index contributed by atoms with van der Waals surface area (Å²) in [5.41, 5.74) is 7.51. The van der Waals surface area contributed by atoms with Gasteiger partial charge in [0.1, 0.15) is 0 Å². The van der Waals surface area contributed by atoms with Crippen molar-refractivity contribution in [3.63, 3.8) is 0 Å². The normalized spacial score (nSPS) is 10.2. The van der Waals surface area contributed by atoms with Gasteiger partial charge >= 0.3 is 0 Å². The van der Waals surface area contributed by atoms with Crippen molar-refractivity contribution in [3.8, 4) is 11.5 Å². The Morgan fingerprint density at radius 3 is 2.67 bits per heavy atom. The Bertz CT molecular complexity index is 656. The zero-order valence-electron chi connectivity index (χ0n) is 12.0. The largest absolute Gasteiger partial charge is 0.504 e. The molecule has 0 radical (unpaired) electrons. The van der Waals surface area contributed by atoms with Crippen LogP contribution in [0, 0.1) is 0 Å². The molecule has 0 aromatic heterocycles. The van der Waals surface area contributed by atoms with E-state index < -0.39 is 0 Å². The lowest BCUT2D eigenvalue weighted by Crippen LogP contribution is -2.26. The highest BCUT2D eigenvalue weighted by molar-refractivity contribution is 5.97. The predicted octanol–water partition coefficient (Wildman–Crippen LogP) is 2.26. The number of carbonyl (C=O) groups excluding carboxylic acids is 1. The molecule has 3 N–H and O–H groups in total. The van der Waals surface area contributed by atoms with Crippen molar-refractivity contribution in [2.24, 2.45) is 0 Å². The number of para-hydroxylation sites is 1. The summed E-state index contributed by atoms with van der Waals surface area (Å²) in [5.74, 6) is -0.156. The lowest BCUT2D eigenvalue weighted by molar-refractivity contribution is 0.0781. The molecule has 0 aliphatic carbocycles. The molecule has 2 rings (SSSR count). The highest BCUT2D eigenvalue weighted by Crippen LogP contribution is 2.30. The zero-order valence-corrected chi connectivity index (χ0v) is 12.0. The van der Waals surface area contributed by atoms with E-state index in [0.717, 1.165) is 5.56 Å². The molecule has 0 saturated carbocycles. The molecule has 21 heavy (non-hydrogen) atoms. The molecule has 0 fully saturated rings. The van der Waals surface area contributed by atoms with Gasteiger partial charge < -0.3 is 20.5 Å². The van der Waals surface area contributed by atoms with Gasteiger partial charge in [-0.05, 0) is 29.8 Å². The maximum atomic E-state index is 12.4. The van der Waals surface area contributed by atoms with E-state index in [4.69, 9.17) is 10.5 Å². The Hall–Kier alpha value is -2.69. The molecule has 0 unspecified atom stereocenters. The van der Waals surface area contributed by atoms with Crippen LogP contribution < -0.4 is 10.5 Å². The number of benzene rings is 2. The van der Waals surface area contributed by atoms with E-state index in [-0.39, 0.29) is 23.0 Å². The fourth-order valence-corrected chi connectivity index (χ4v) is 2.10. The Labute approximate surface area is 123 Å². The first-order chi connectivity index (χ1) is 10.0. The van der Waals surface area contributed by atoms with Gasteiger partial charge in [0.25, 0.3) is 5.91 Å². The number of amides is 1. The molecule has 0 bridgehead atoms. The first-order valence-electron chi connectivity index (χ1n) is 6.48. The van der Waals surface area contributed by atoms with Crippen molar-refractivity contribution >= 4 is 11.6 Å². The highest BCUT2D eigenvalue weighted by atomic mass is 16.5. The fraction of sp³-hybridized carbons (Fsp3) is 0.188. The maximum Gasteiger partial charge on any atom is 0.257 e. The van der Waals surface area contributed by atoms with Gasteiger partial charge in [-0.3, -0.25) is 4.79 Å². The summed E-state index contributed by atoms with van der Waals surface area (Å²) in [7, 11) is 3.12. The molecule has 2 aromatic rings. The number of phenols is 1. The number of nitrogen functional groups attached to an aromatic ring is 1. The molecular weight excluding hydrogens is 268 g/mol. The summed E-state index contributed by atoms with van der Waals surface area (Å²) in [6, 6.07) is 12.2. The van der Waals surface area contributed by atoms with Crippen LogP contribution in [0.15, 0.2) is 42.5 Å². The standard InChI is InChI=1S/C16H18N2O3/c1-18(10-11-5-3-6-12(17)9-11)16(20)13-7-4-8-14(21-2)15(13)19/h3-9,19H,10,17H2,1-2H3. The van der Waals surface area contributed by atoms with Crippen LogP contribution in [0.5, 0.6) is 11.5 Å². The van der Waals surface area contributed by atoms with Crippen molar-refractivity contribution in [1.82, 2.24) is 4.90 Å². The minimum atomic E-state index is -0.283. The number of nitrogens with zero attached hydrogens (tertiary/aromatic N) is 1. The summed E-state index contributed by atoms with van der Waals surface area (Å²) in [5, 5.41) is 10.0. The summed E-state index contributed by atoms with van der Waals surface area (Å²) in [6.07, 6.45) is 0. The van der Waals surface area contributed by atoms with Gasteiger partial charge in [-0.25, -0.2) is 0 Å². The van der Waals surface area contributed by atoms with Gasteiger partial charge in [0.2, 0.25) is 0 Å². The van der Waals surface area contributed by atoms with E-state index in [1.807, 2.05) is 18.2 Å².